The molecule has 3 nitrogen and oxygen atoms in total. The van der Waals surface area contributed by atoms with Crippen LogP contribution in [0.4, 0.5) is 11.4 Å². The molecule has 0 radical (unpaired) electrons. The monoisotopic (exact) mass is 751 g/mol. The van der Waals surface area contributed by atoms with Gasteiger partial charge in [0.05, 0.1) is 11.2 Å². The van der Waals surface area contributed by atoms with Crippen LogP contribution in [-0.4, -0.2) is 9.97 Å². The molecule has 1 aromatic heterocycles. The predicted octanol–water partition coefficient (Wildman–Crippen LogP) is 15.2. The average Bonchev–Trinajstić information content (AvgIpc) is 3.31. The van der Waals surface area contributed by atoms with Crippen molar-refractivity contribution in [1.29, 1.82) is 0 Å². The first-order valence-corrected chi connectivity index (χ1v) is 20.1. The highest BCUT2D eigenvalue weighted by atomic mass is 14.9. The fourth-order valence-electron chi connectivity index (χ4n) is 8.61. The summed E-state index contributed by atoms with van der Waals surface area (Å²) in [5.74, 6) is 0.696. The van der Waals surface area contributed by atoms with Gasteiger partial charge in [-0.15, -0.1) is 0 Å². The maximum Gasteiger partial charge on any atom is 0.161 e. The number of para-hydroxylation sites is 1. The van der Waals surface area contributed by atoms with Crippen molar-refractivity contribution in [2.45, 2.75) is 0 Å². The molecule has 59 heavy (non-hydrogen) atoms. The normalized spacial score (nSPS) is 11.4. The van der Waals surface area contributed by atoms with Crippen LogP contribution < -0.4 is 5.32 Å². The second kappa shape index (κ2) is 14.6. The number of aromatic nitrogens is 2. The van der Waals surface area contributed by atoms with Gasteiger partial charge in [-0.25, -0.2) is 9.97 Å². The summed E-state index contributed by atoms with van der Waals surface area (Å²) < 4.78 is 0. The lowest BCUT2D eigenvalue weighted by molar-refractivity contribution is 1.23. The molecule has 1 heterocycles. The standard InChI is InChI=1S/C56H37N3/c1-2-14-37(15-3-1)38-28-30-39(31-29-38)42-19-12-20-43(36-42)55-50-25-10-11-27-51(50)58-56(59-55)49-33-35-52(47-24-9-8-23-46(47)49)57-53-34-32-41-17-5-7-22-45(41)54(53)48-26-13-18-40-16-4-6-21-44(40)48/h1-36,57H. The van der Waals surface area contributed by atoms with Gasteiger partial charge in [-0.1, -0.05) is 188 Å². The van der Waals surface area contributed by atoms with E-state index in [0.29, 0.717) is 5.82 Å². The lowest BCUT2D eigenvalue weighted by Crippen LogP contribution is -1.99. The third kappa shape index (κ3) is 6.26. The van der Waals surface area contributed by atoms with E-state index < -0.39 is 0 Å². The van der Waals surface area contributed by atoms with Crippen LogP contribution in [0.3, 0.4) is 0 Å². The van der Waals surface area contributed by atoms with Crippen molar-refractivity contribution in [2.24, 2.45) is 0 Å². The molecular weight excluding hydrogens is 715 g/mol. The van der Waals surface area contributed by atoms with Gasteiger partial charge in [0.1, 0.15) is 0 Å². The van der Waals surface area contributed by atoms with Crippen molar-refractivity contribution in [3.8, 4) is 56.0 Å². The van der Waals surface area contributed by atoms with Crippen molar-refractivity contribution >= 4 is 54.6 Å². The van der Waals surface area contributed by atoms with E-state index in [9.17, 15) is 0 Å². The summed E-state index contributed by atoms with van der Waals surface area (Å²) in [6.07, 6.45) is 0. The zero-order chi connectivity index (χ0) is 39.1. The number of nitrogens with one attached hydrogen (secondary N) is 1. The van der Waals surface area contributed by atoms with Gasteiger partial charge in [0.2, 0.25) is 0 Å². The number of hydrogen-bond acceptors (Lipinski definition) is 3. The molecule has 11 aromatic rings. The van der Waals surface area contributed by atoms with E-state index in [4.69, 9.17) is 9.97 Å². The largest absolute Gasteiger partial charge is 0.354 e. The molecule has 0 aliphatic carbocycles. The Labute approximate surface area is 342 Å². The summed E-state index contributed by atoms with van der Waals surface area (Å²) in [4.78, 5) is 10.6. The minimum absolute atomic E-state index is 0.696. The summed E-state index contributed by atoms with van der Waals surface area (Å²) in [6, 6.07) is 77.6. The summed E-state index contributed by atoms with van der Waals surface area (Å²) in [6.45, 7) is 0. The highest BCUT2D eigenvalue weighted by Gasteiger charge is 2.18. The van der Waals surface area contributed by atoms with Crippen LogP contribution in [0.25, 0.3) is 99.2 Å². The lowest BCUT2D eigenvalue weighted by Gasteiger charge is -2.19. The maximum absolute atomic E-state index is 5.38. The Morgan fingerprint density at radius 3 is 1.68 bits per heavy atom. The second-order valence-corrected chi connectivity index (χ2v) is 15.0. The Morgan fingerprint density at radius 2 is 0.864 bits per heavy atom. The molecule has 0 bridgehead atoms. The van der Waals surface area contributed by atoms with Gasteiger partial charge in [0.25, 0.3) is 0 Å². The van der Waals surface area contributed by atoms with Gasteiger partial charge in [-0.3, -0.25) is 0 Å². The topological polar surface area (TPSA) is 37.8 Å². The molecule has 0 atom stereocenters. The van der Waals surface area contributed by atoms with Gasteiger partial charge in [0.15, 0.2) is 5.82 Å². The van der Waals surface area contributed by atoms with E-state index in [1.54, 1.807) is 0 Å². The summed E-state index contributed by atoms with van der Waals surface area (Å²) in [7, 11) is 0. The number of anilines is 2. The van der Waals surface area contributed by atoms with Gasteiger partial charge in [-0.05, 0) is 85.1 Å². The fraction of sp³-hybridized carbons (Fsp3) is 0. The van der Waals surface area contributed by atoms with Crippen LogP contribution in [0.5, 0.6) is 0 Å². The SMILES string of the molecule is c1ccc(-c2ccc(-c3cccc(-c4nc(-c5ccc(Nc6ccc7ccccc7c6-c6cccc7ccccc67)c6ccccc56)nc5ccccc45)c3)cc2)cc1. The van der Waals surface area contributed by atoms with Crippen LogP contribution in [0.1, 0.15) is 0 Å². The lowest BCUT2D eigenvalue weighted by atomic mass is 9.92. The average molecular weight is 752 g/mol. The third-order valence-corrected chi connectivity index (χ3v) is 11.5. The molecule has 0 saturated heterocycles. The first kappa shape index (κ1) is 34.4. The molecule has 0 aliphatic rings. The van der Waals surface area contributed by atoms with E-state index in [-0.39, 0.29) is 0 Å². The van der Waals surface area contributed by atoms with E-state index in [1.807, 2.05) is 0 Å². The van der Waals surface area contributed by atoms with Gasteiger partial charge in [-0.2, -0.15) is 0 Å². The van der Waals surface area contributed by atoms with E-state index in [1.165, 1.54) is 43.8 Å². The number of benzene rings is 10. The van der Waals surface area contributed by atoms with Crippen LogP contribution in [0.15, 0.2) is 218 Å². The Bertz CT molecular complexity index is 3350. The van der Waals surface area contributed by atoms with Crippen LogP contribution in [0, 0.1) is 0 Å². The Morgan fingerprint density at radius 1 is 0.305 bits per heavy atom. The van der Waals surface area contributed by atoms with E-state index >= 15 is 0 Å². The highest BCUT2D eigenvalue weighted by molar-refractivity contribution is 6.12. The number of hydrogen-bond donors (Lipinski definition) is 1. The minimum atomic E-state index is 0.696. The molecule has 10 aromatic carbocycles. The van der Waals surface area contributed by atoms with Crippen LogP contribution in [0.2, 0.25) is 0 Å². The smallest absolute Gasteiger partial charge is 0.161 e. The van der Waals surface area contributed by atoms with Crippen molar-refractivity contribution in [3.63, 3.8) is 0 Å². The van der Waals surface area contributed by atoms with Crippen molar-refractivity contribution in [3.05, 3.63) is 218 Å². The third-order valence-electron chi connectivity index (χ3n) is 11.5. The number of fused-ring (bicyclic) bond motifs is 4. The summed E-state index contributed by atoms with van der Waals surface area (Å²) in [5, 5.41) is 12.0. The number of nitrogens with zero attached hydrogens (tertiary/aromatic N) is 2. The molecular formula is C56H37N3. The highest BCUT2D eigenvalue weighted by Crippen LogP contribution is 2.43. The Hall–Kier alpha value is -7.88. The molecule has 0 spiro atoms. The maximum atomic E-state index is 5.38. The zero-order valence-electron chi connectivity index (χ0n) is 32.2. The van der Waals surface area contributed by atoms with Crippen molar-refractivity contribution in [2.75, 3.05) is 5.32 Å². The summed E-state index contributed by atoms with van der Waals surface area (Å²) >= 11 is 0. The van der Waals surface area contributed by atoms with E-state index in [0.717, 1.165) is 61.0 Å². The Kier molecular flexibility index (Phi) is 8.49. The molecule has 0 aliphatic heterocycles. The zero-order valence-corrected chi connectivity index (χ0v) is 32.2. The molecule has 0 amide bonds. The quantitative estimate of drug-likeness (QED) is 0.176. The predicted molar refractivity (Wildman–Crippen MR) is 249 cm³/mol. The molecule has 0 unspecified atom stereocenters. The van der Waals surface area contributed by atoms with Gasteiger partial charge in [0, 0.05) is 38.8 Å². The second-order valence-electron chi connectivity index (χ2n) is 15.0. The fourth-order valence-corrected chi connectivity index (χ4v) is 8.61. The molecule has 3 heteroatoms. The van der Waals surface area contributed by atoms with Gasteiger partial charge < -0.3 is 5.32 Å². The molecule has 1 N–H and O–H groups in total. The van der Waals surface area contributed by atoms with Crippen molar-refractivity contribution < 1.29 is 0 Å². The first-order chi connectivity index (χ1) is 29.2. The van der Waals surface area contributed by atoms with Crippen LogP contribution >= 0.6 is 0 Å². The number of rotatable bonds is 7. The minimum Gasteiger partial charge on any atom is -0.354 e. The Balaban J connectivity index is 1.01. The first-order valence-electron chi connectivity index (χ1n) is 20.1. The van der Waals surface area contributed by atoms with Crippen LogP contribution in [-0.2, 0) is 0 Å². The van der Waals surface area contributed by atoms with Crippen molar-refractivity contribution in [1.82, 2.24) is 9.97 Å². The molecule has 0 fully saturated rings. The van der Waals surface area contributed by atoms with E-state index in [2.05, 4.69) is 224 Å². The molecule has 0 saturated carbocycles. The molecule has 276 valence electrons. The summed E-state index contributed by atoms with van der Waals surface area (Å²) in [5.41, 5.74) is 13.0. The molecule has 11 rings (SSSR count). The van der Waals surface area contributed by atoms with Gasteiger partial charge >= 0.3 is 0 Å².